The van der Waals surface area contributed by atoms with Crippen molar-refractivity contribution in [3.63, 3.8) is 0 Å². The van der Waals surface area contributed by atoms with Crippen LogP contribution in [-0.2, 0) is 10.0 Å². The highest BCUT2D eigenvalue weighted by molar-refractivity contribution is 7.92. The van der Waals surface area contributed by atoms with Crippen LogP contribution < -0.4 is 15.4 Å². The van der Waals surface area contributed by atoms with Gasteiger partial charge in [0.2, 0.25) is 10.0 Å². The summed E-state index contributed by atoms with van der Waals surface area (Å²) in [7, 11) is -3.46. The van der Waals surface area contributed by atoms with Crippen molar-refractivity contribution in [2.24, 2.45) is 5.73 Å². The Morgan fingerprint density at radius 2 is 1.61 bits per heavy atom. The minimum atomic E-state index is -3.46. The van der Waals surface area contributed by atoms with Crippen LogP contribution in [0.2, 0.25) is 0 Å². The Labute approximate surface area is 209 Å². The molecule has 5 rings (SSSR count). The quantitative estimate of drug-likeness (QED) is 0.413. The number of sulfonamides is 1. The summed E-state index contributed by atoms with van der Waals surface area (Å²) >= 11 is 0. The Hall–Kier alpha value is -4.15. The first-order valence-corrected chi connectivity index (χ1v) is 12.9. The summed E-state index contributed by atoms with van der Waals surface area (Å²) in [4.78, 5) is 19.4. The van der Waals surface area contributed by atoms with Gasteiger partial charge in [-0.25, -0.2) is 13.4 Å². The van der Waals surface area contributed by atoms with Crippen LogP contribution >= 0.6 is 0 Å². The lowest BCUT2D eigenvalue weighted by atomic mass is 10.1. The molecule has 3 heterocycles. The van der Waals surface area contributed by atoms with Gasteiger partial charge in [0.15, 0.2) is 5.65 Å². The number of imidazole rings is 1. The van der Waals surface area contributed by atoms with Crippen LogP contribution in [0.25, 0.3) is 16.9 Å². The summed E-state index contributed by atoms with van der Waals surface area (Å²) in [5.41, 5.74) is 8.62. The van der Waals surface area contributed by atoms with Crippen molar-refractivity contribution in [2.45, 2.75) is 0 Å². The van der Waals surface area contributed by atoms with Crippen molar-refractivity contribution in [3.8, 4) is 22.8 Å². The van der Waals surface area contributed by atoms with Gasteiger partial charge in [-0.3, -0.25) is 9.20 Å². The Bertz CT molecular complexity index is 1520. The van der Waals surface area contributed by atoms with E-state index in [4.69, 9.17) is 15.5 Å². The predicted octanol–water partition coefficient (Wildman–Crippen LogP) is 3.49. The Morgan fingerprint density at radius 3 is 2.25 bits per heavy atom. The third-order valence-electron chi connectivity index (χ3n) is 6.12. The molecule has 2 aromatic carbocycles. The predicted molar refractivity (Wildman–Crippen MR) is 139 cm³/mol. The SMILES string of the molecule is C=CS(=O)(=O)N1CCN(c2cccn3c(C(N)=O)c(-c4ccc(Oc5ccccc5)cc4)nc23)CC1. The van der Waals surface area contributed by atoms with Gasteiger partial charge in [0.25, 0.3) is 5.91 Å². The van der Waals surface area contributed by atoms with Gasteiger partial charge >= 0.3 is 0 Å². The standard InChI is InChI=1S/C26H25N5O4S/c1-2-36(33,34)30-17-15-29(16-18-30)22-9-6-14-31-24(25(27)32)23(28-26(22)31)19-10-12-21(13-11-19)35-20-7-4-3-5-8-20/h2-14H,1,15-18H2,(H2,27,32). The number of hydrogen-bond acceptors (Lipinski definition) is 6. The molecule has 1 aliphatic heterocycles. The molecule has 0 unspecified atom stereocenters. The zero-order valence-electron chi connectivity index (χ0n) is 19.4. The third-order valence-corrected chi connectivity index (χ3v) is 7.63. The molecular weight excluding hydrogens is 478 g/mol. The van der Waals surface area contributed by atoms with Crippen molar-refractivity contribution < 1.29 is 17.9 Å². The molecule has 0 atom stereocenters. The number of fused-ring (bicyclic) bond motifs is 1. The lowest BCUT2D eigenvalue weighted by molar-refractivity contribution is 0.0995. The number of nitrogens with two attached hydrogens (primary N) is 1. The number of para-hydroxylation sites is 1. The van der Waals surface area contributed by atoms with E-state index in [1.165, 1.54) is 4.31 Å². The first-order valence-electron chi connectivity index (χ1n) is 11.4. The number of ether oxygens (including phenoxy) is 1. The number of carbonyl (C=O) groups excluding carboxylic acids is 1. The average molecular weight is 504 g/mol. The van der Waals surface area contributed by atoms with E-state index in [0.717, 1.165) is 22.4 Å². The lowest BCUT2D eigenvalue weighted by Gasteiger charge is -2.34. The summed E-state index contributed by atoms with van der Waals surface area (Å²) in [6.45, 7) is 5.01. The largest absolute Gasteiger partial charge is 0.457 e. The molecule has 0 spiro atoms. The molecule has 2 N–H and O–H groups in total. The van der Waals surface area contributed by atoms with E-state index in [0.29, 0.717) is 43.3 Å². The van der Waals surface area contributed by atoms with Crippen LogP contribution in [-0.4, -0.2) is 54.2 Å². The van der Waals surface area contributed by atoms with Gasteiger partial charge < -0.3 is 15.4 Å². The molecule has 1 saturated heterocycles. The number of benzene rings is 2. The van der Waals surface area contributed by atoms with Gasteiger partial charge in [-0.15, -0.1) is 0 Å². The van der Waals surface area contributed by atoms with Gasteiger partial charge in [0.1, 0.15) is 22.9 Å². The number of aromatic nitrogens is 2. The highest BCUT2D eigenvalue weighted by Gasteiger charge is 2.27. The Kier molecular flexibility index (Phi) is 6.21. The van der Waals surface area contributed by atoms with E-state index >= 15 is 0 Å². The van der Waals surface area contributed by atoms with Crippen LogP contribution in [0.15, 0.2) is 84.9 Å². The topological polar surface area (TPSA) is 110 Å². The molecule has 1 fully saturated rings. The van der Waals surface area contributed by atoms with Gasteiger partial charge in [-0.2, -0.15) is 4.31 Å². The second-order valence-electron chi connectivity index (χ2n) is 8.30. The number of pyridine rings is 1. The van der Waals surface area contributed by atoms with Crippen LogP contribution in [0.3, 0.4) is 0 Å². The number of primary amides is 1. The van der Waals surface area contributed by atoms with Gasteiger partial charge in [-0.1, -0.05) is 24.8 Å². The number of hydrogen-bond donors (Lipinski definition) is 1. The van der Waals surface area contributed by atoms with Crippen LogP contribution in [0.1, 0.15) is 10.5 Å². The lowest BCUT2D eigenvalue weighted by Crippen LogP contribution is -2.48. The van der Waals surface area contributed by atoms with Gasteiger partial charge in [0.05, 0.1) is 5.69 Å². The van der Waals surface area contributed by atoms with E-state index in [9.17, 15) is 13.2 Å². The zero-order valence-corrected chi connectivity index (χ0v) is 20.3. The van der Waals surface area contributed by atoms with Crippen LogP contribution in [0.5, 0.6) is 11.5 Å². The minimum absolute atomic E-state index is 0.274. The normalized spacial score (nSPS) is 14.6. The maximum atomic E-state index is 12.5. The van der Waals surface area contributed by atoms with Crippen molar-refractivity contribution >= 4 is 27.3 Å². The summed E-state index contributed by atoms with van der Waals surface area (Å²) in [6, 6.07) is 20.5. The van der Waals surface area contributed by atoms with Gasteiger partial charge in [-0.05, 0) is 48.5 Å². The van der Waals surface area contributed by atoms with Crippen LogP contribution in [0.4, 0.5) is 5.69 Å². The molecule has 2 aromatic heterocycles. The second kappa shape index (κ2) is 9.48. The van der Waals surface area contributed by atoms with E-state index in [-0.39, 0.29) is 5.69 Å². The molecule has 1 aliphatic rings. The van der Waals surface area contributed by atoms with E-state index in [1.807, 2.05) is 66.7 Å². The Morgan fingerprint density at radius 1 is 0.944 bits per heavy atom. The highest BCUT2D eigenvalue weighted by Crippen LogP contribution is 2.31. The number of piperazine rings is 1. The van der Waals surface area contributed by atoms with E-state index in [1.54, 1.807) is 10.6 Å². The fourth-order valence-electron chi connectivity index (χ4n) is 4.33. The molecule has 36 heavy (non-hydrogen) atoms. The zero-order chi connectivity index (χ0) is 25.3. The molecular formula is C26H25N5O4S. The summed E-state index contributed by atoms with van der Waals surface area (Å²) in [5, 5.41) is 0.972. The molecule has 0 saturated carbocycles. The minimum Gasteiger partial charge on any atom is -0.457 e. The molecule has 0 aliphatic carbocycles. The van der Waals surface area contributed by atoms with Crippen LogP contribution in [0, 0.1) is 0 Å². The molecule has 0 bridgehead atoms. The highest BCUT2D eigenvalue weighted by atomic mass is 32.2. The van der Waals surface area contributed by atoms with Crippen molar-refractivity contribution in [3.05, 3.63) is 90.6 Å². The maximum Gasteiger partial charge on any atom is 0.268 e. The molecule has 184 valence electrons. The smallest absolute Gasteiger partial charge is 0.268 e. The fraction of sp³-hybridized carbons (Fsp3) is 0.154. The Balaban J connectivity index is 1.47. The molecule has 0 radical (unpaired) electrons. The van der Waals surface area contributed by atoms with E-state index in [2.05, 4.69) is 11.5 Å². The third kappa shape index (κ3) is 4.43. The number of anilines is 1. The molecule has 4 aromatic rings. The maximum absolute atomic E-state index is 12.5. The first kappa shape index (κ1) is 23.6. The number of nitrogens with zero attached hydrogens (tertiary/aromatic N) is 4. The summed E-state index contributed by atoms with van der Waals surface area (Å²) in [6.07, 6.45) is 1.75. The van der Waals surface area contributed by atoms with E-state index < -0.39 is 15.9 Å². The van der Waals surface area contributed by atoms with Gasteiger partial charge in [0, 0.05) is 43.3 Å². The summed E-state index contributed by atoms with van der Waals surface area (Å²) < 4.78 is 33.2. The second-order valence-corrected chi connectivity index (χ2v) is 10.2. The molecule has 9 nitrogen and oxygen atoms in total. The monoisotopic (exact) mass is 503 g/mol. The van der Waals surface area contributed by atoms with Crippen molar-refractivity contribution in [1.29, 1.82) is 0 Å². The molecule has 10 heteroatoms. The summed E-state index contributed by atoms with van der Waals surface area (Å²) in [5.74, 6) is 0.782. The fourth-order valence-corrected chi connectivity index (χ4v) is 5.21. The van der Waals surface area contributed by atoms with Crippen molar-refractivity contribution in [1.82, 2.24) is 13.7 Å². The number of rotatable bonds is 7. The number of amides is 1. The molecule has 1 amide bonds. The first-order chi connectivity index (χ1) is 17.4. The average Bonchev–Trinajstić information content (AvgIpc) is 3.30. The van der Waals surface area contributed by atoms with Crippen molar-refractivity contribution in [2.75, 3.05) is 31.1 Å². The number of carbonyl (C=O) groups is 1.